The number of carbonyl (C=O) groups excluding carboxylic acids is 1. The van der Waals surface area contributed by atoms with Gasteiger partial charge in [-0.1, -0.05) is 30.3 Å². The number of allylic oxidation sites excluding steroid dienone is 1. The topological polar surface area (TPSA) is 35.5 Å². The lowest BCUT2D eigenvalue weighted by Gasteiger charge is -2.02. The van der Waals surface area contributed by atoms with Crippen molar-refractivity contribution in [3.05, 3.63) is 65.7 Å². The molecule has 0 saturated heterocycles. The Hall–Kier alpha value is -2.55. The third kappa shape index (κ3) is 4.77. The zero-order chi connectivity index (χ0) is 15.8. The first-order chi connectivity index (χ1) is 10.7. The predicted octanol–water partition coefficient (Wildman–Crippen LogP) is 3.92. The van der Waals surface area contributed by atoms with Crippen LogP contribution in [0, 0.1) is 0 Å². The molecular formula is C19H20O3. The molecule has 0 unspecified atom stereocenters. The monoisotopic (exact) mass is 296 g/mol. The maximum absolute atomic E-state index is 11.9. The minimum Gasteiger partial charge on any atom is -0.497 e. The molecule has 0 fully saturated rings. The Labute approximate surface area is 131 Å². The van der Waals surface area contributed by atoms with Crippen LogP contribution < -0.4 is 9.47 Å². The predicted molar refractivity (Wildman–Crippen MR) is 88.4 cm³/mol. The molecule has 3 heteroatoms. The molecule has 0 atom stereocenters. The number of ether oxygens (including phenoxy) is 2. The molecule has 0 aliphatic carbocycles. The van der Waals surface area contributed by atoms with E-state index < -0.39 is 0 Å². The Morgan fingerprint density at radius 3 is 2.00 bits per heavy atom. The van der Waals surface area contributed by atoms with E-state index in [4.69, 9.17) is 9.47 Å². The molecule has 0 aromatic heterocycles. The number of hydrogen-bond donors (Lipinski definition) is 0. The highest BCUT2D eigenvalue weighted by Crippen LogP contribution is 2.14. The van der Waals surface area contributed by atoms with Crippen LogP contribution in [0.15, 0.2) is 54.6 Å². The largest absolute Gasteiger partial charge is 0.497 e. The molecule has 0 amide bonds. The van der Waals surface area contributed by atoms with Crippen molar-refractivity contribution in [2.75, 3.05) is 14.2 Å². The zero-order valence-electron chi connectivity index (χ0n) is 12.9. The van der Waals surface area contributed by atoms with Gasteiger partial charge in [0.2, 0.25) is 0 Å². The molecule has 0 N–H and O–H groups in total. The Morgan fingerprint density at radius 2 is 1.45 bits per heavy atom. The van der Waals surface area contributed by atoms with Crippen LogP contribution >= 0.6 is 0 Å². The van der Waals surface area contributed by atoms with Crippen molar-refractivity contribution < 1.29 is 14.3 Å². The molecule has 0 bridgehead atoms. The van der Waals surface area contributed by atoms with E-state index in [1.54, 1.807) is 20.3 Å². The summed E-state index contributed by atoms with van der Waals surface area (Å²) in [5, 5.41) is 0. The Morgan fingerprint density at radius 1 is 0.909 bits per heavy atom. The van der Waals surface area contributed by atoms with Crippen LogP contribution in [0.1, 0.15) is 17.5 Å². The third-order valence-electron chi connectivity index (χ3n) is 3.40. The highest BCUT2D eigenvalue weighted by molar-refractivity contribution is 5.93. The number of ketones is 1. The zero-order valence-corrected chi connectivity index (χ0v) is 12.9. The van der Waals surface area contributed by atoms with E-state index in [1.807, 2.05) is 54.6 Å². The van der Waals surface area contributed by atoms with Crippen LogP contribution in [0.25, 0.3) is 6.08 Å². The van der Waals surface area contributed by atoms with Gasteiger partial charge in [0.25, 0.3) is 0 Å². The summed E-state index contributed by atoms with van der Waals surface area (Å²) in [4.78, 5) is 11.9. The first-order valence-corrected chi connectivity index (χ1v) is 7.19. The molecular weight excluding hydrogens is 276 g/mol. The van der Waals surface area contributed by atoms with Gasteiger partial charge in [-0.2, -0.15) is 0 Å². The fraction of sp³-hybridized carbons (Fsp3) is 0.211. The van der Waals surface area contributed by atoms with E-state index in [1.165, 1.54) is 0 Å². The molecule has 0 aliphatic heterocycles. The number of hydrogen-bond acceptors (Lipinski definition) is 3. The van der Waals surface area contributed by atoms with Crippen LogP contribution in [0.2, 0.25) is 0 Å². The Kier molecular flexibility index (Phi) is 5.78. The minimum atomic E-state index is 0.117. The maximum atomic E-state index is 11.9. The van der Waals surface area contributed by atoms with Crippen molar-refractivity contribution in [1.82, 2.24) is 0 Å². The van der Waals surface area contributed by atoms with Gasteiger partial charge in [-0.25, -0.2) is 0 Å². The second-order valence-corrected chi connectivity index (χ2v) is 4.92. The lowest BCUT2D eigenvalue weighted by Crippen LogP contribution is -1.96. The number of rotatable bonds is 7. The molecule has 0 heterocycles. The van der Waals surface area contributed by atoms with E-state index in [-0.39, 0.29) is 5.78 Å². The Bertz CT molecular complexity index is 625. The van der Waals surface area contributed by atoms with E-state index in [0.29, 0.717) is 6.42 Å². The van der Waals surface area contributed by atoms with Crippen molar-refractivity contribution in [1.29, 1.82) is 0 Å². The standard InChI is InChI=1S/C19H20O3/c1-21-18-11-5-15(6-12-18)3-9-17(20)10-4-16-7-13-19(22-2)14-8-16/h3,5-9,11-14H,4,10H2,1-2H3/b9-3+. The van der Waals surface area contributed by atoms with Gasteiger partial charge < -0.3 is 9.47 Å². The van der Waals surface area contributed by atoms with Crippen molar-refractivity contribution in [3.63, 3.8) is 0 Å². The smallest absolute Gasteiger partial charge is 0.156 e. The molecule has 3 nitrogen and oxygen atoms in total. The SMILES string of the molecule is COc1ccc(/C=C/C(=O)CCc2ccc(OC)cc2)cc1. The van der Waals surface area contributed by atoms with Gasteiger partial charge >= 0.3 is 0 Å². The molecule has 0 radical (unpaired) electrons. The van der Waals surface area contributed by atoms with Crippen LogP contribution in [-0.4, -0.2) is 20.0 Å². The summed E-state index contributed by atoms with van der Waals surface area (Å²) in [6.07, 6.45) is 4.69. The van der Waals surface area contributed by atoms with E-state index in [9.17, 15) is 4.79 Å². The van der Waals surface area contributed by atoms with Crippen molar-refractivity contribution in [2.45, 2.75) is 12.8 Å². The summed E-state index contributed by atoms with van der Waals surface area (Å²) in [7, 11) is 3.27. The van der Waals surface area contributed by atoms with Gasteiger partial charge in [-0.15, -0.1) is 0 Å². The molecule has 0 aliphatic rings. The summed E-state index contributed by atoms with van der Waals surface area (Å²) < 4.78 is 10.2. The van der Waals surface area contributed by atoms with Gasteiger partial charge in [0, 0.05) is 6.42 Å². The lowest BCUT2D eigenvalue weighted by molar-refractivity contribution is -0.114. The molecule has 2 rings (SSSR count). The summed E-state index contributed by atoms with van der Waals surface area (Å²) >= 11 is 0. The van der Waals surface area contributed by atoms with Crippen LogP contribution in [0.5, 0.6) is 11.5 Å². The first kappa shape index (κ1) is 15.8. The molecule has 2 aromatic carbocycles. The molecule has 114 valence electrons. The van der Waals surface area contributed by atoms with E-state index >= 15 is 0 Å². The normalized spacial score (nSPS) is 10.6. The third-order valence-corrected chi connectivity index (χ3v) is 3.40. The van der Waals surface area contributed by atoms with Gasteiger partial charge in [0.1, 0.15) is 11.5 Å². The van der Waals surface area contributed by atoms with Crippen molar-refractivity contribution in [2.24, 2.45) is 0 Å². The summed E-state index contributed by atoms with van der Waals surface area (Å²) in [6, 6.07) is 15.4. The number of methoxy groups -OCH3 is 2. The second kappa shape index (κ2) is 8.03. The lowest BCUT2D eigenvalue weighted by atomic mass is 10.1. The van der Waals surface area contributed by atoms with Gasteiger partial charge in [0.15, 0.2) is 5.78 Å². The first-order valence-electron chi connectivity index (χ1n) is 7.19. The van der Waals surface area contributed by atoms with Crippen LogP contribution in [0.3, 0.4) is 0 Å². The highest BCUT2D eigenvalue weighted by Gasteiger charge is 2.00. The summed E-state index contributed by atoms with van der Waals surface area (Å²) in [5.74, 6) is 1.75. The van der Waals surface area contributed by atoms with Crippen molar-refractivity contribution >= 4 is 11.9 Å². The molecule has 0 spiro atoms. The maximum Gasteiger partial charge on any atom is 0.156 e. The van der Waals surface area contributed by atoms with E-state index in [2.05, 4.69) is 0 Å². The van der Waals surface area contributed by atoms with Gasteiger partial charge in [-0.3, -0.25) is 4.79 Å². The van der Waals surface area contributed by atoms with Gasteiger partial charge in [0.05, 0.1) is 14.2 Å². The van der Waals surface area contributed by atoms with Crippen molar-refractivity contribution in [3.8, 4) is 11.5 Å². The average Bonchev–Trinajstić information content (AvgIpc) is 2.59. The molecule has 22 heavy (non-hydrogen) atoms. The fourth-order valence-electron chi connectivity index (χ4n) is 2.05. The average molecular weight is 296 g/mol. The summed E-state index contributed by atoms with van der Waals surface area (Å²) in [6.45, 7) is 0. The minimum absolute atomic E-state index is 0.117. The summed E-state index contributed by atoms with van der Waals surface area (Å²) in [5.41, 5.74) is 2.12. The number of carbonyl (C=O) groups is 1. The molecule has 0 saturated carbocycles. The Balaban J connectivity index is 1.84. The molecule has 2 aromatic rings. The van der Waals surface area contributed by atoms with Crippen LogP contribution in [0.4, 0.5) is 0 Å². The number of benzene rings is 2. The quantitative estimate of drug-likeness (QED) is 0.726. The highest BCUT2D eigenvalue weighted by atomic mass is 16.5. The van der Waals surface area contributed by atoms with E-state index in [0.717, 1.165) is 29.0 Å². The fourth-order valence-corrected chi connectivity index (χ4v) is 2.05. The number of aryl methyl sites for hydroxylation is 1. The van der Waals surface area contributed by atoms with Crippen LogP contribution in [-0.2, 0) is 11.2 Å². The van der Waals surface area contributed by atoms with Gasteiger partial charge in [-0.05, 0) is 47.9 Å². The second-order valence-electron chi connectivity index (χ2n) is 4.92.